The van der Waals surface area contributed by atoms with E-state index in [0.717, 1.165) is 12.1 Å². The molecule has 27 heavy (non-hydrogen) atoms. The van der Waals surface area contributed by atoms with Crippen LogP contribution >= 0.6 is 0 Å². The van der Waals surface area contributed by atoms with Crippen molar-refractivity contribution < 1.29 is 30.1 Å². The van der Waals surface area contributed by atoms with Gasteiger partial charge in [0, 0.05) is 53.4 Å². The van der Waals surface area contributed by atoms with Crippen molar-refractivity contribution in [2.24, 2.45) is 0 Å². The fourth-order valence-electron chi connectivity index (χ4n) is 3.33. The third-order valence-electron chi connectivity index (χ3n) is 4.44. The van der Waals surface area contributed by atoms with Crippen LogP contribution in [0.2, 0.25) is 0 Å². The predicted octanol–water partition coefficient (Wildman–Crippen LogP) is 3.70. The second kappa shape index (κ2) is 5.80. The van der Waals surface area contributed by atoms with Crippen LogP contribution in [0.5, 0.6) is 34.5 Å². The van der Waals surface area contributed by atoms with E-state index in [0.29, 0.717) is 5.56 Å². The Morgan fingerprint density at radius 1 is 0.815 bits per heavy atom. The Morgan fingerprint density at radius 3 is 1.74 bits per heavy atom. The summed E-state index contributed by atoms with van der Waals surface area (Å²) in [6.45, 7) is 0. The molecule has 0 radical (unpaired) electrons. The van der Waals surface area contributed by atoms with Gasteiger partial charge in [-0.1, -0.05) is 12.1 Å². The van der Waals surface area contributed by atoms with Gasteiger partial charge in [-0.2, -0.15) is 0 Å². The van der Waals surface area contributed by atoms with Gasteiger partial charge in [0.2, 0.25) is 0 Å². The number of phenols is 4. The van der Waals surface area contributed by atoms with Crippen LogP contribution in [0.25, 0.3) is 0 Å². The molecule has 1 aliphatic rings. The van der Waals surface area contributed by atoms with E-state index >= 15 is 0 Å². The van der Waals surface area contributed by atoms with E-state index in [1.165, 1.54) is 36.4 Å². The molecule has 0 aromatic heterocycles. The van der Waals surface area contributed by atoms with Crippen LogP contribution in [0.15, 0.2) is 48.5 Å². The number of aromatic hydroxyl groups is 4. The van der Waals surface area contributed by atoms with Gasteiger partial charge in [0.15, 0.2) is 0 Å². The van der Waals surface area contributed by atoms with E-state index in [9.17, 15) is 30.5 Å². The first-order valence-corrected chi connectivity index (χ1v) is 7.89. The molecule has 0 unspecified atom stereocenters. The average Bonchev–Trinajstić information content (AvgIpc) is 2.59. The maximum atomic E-state index is 10.9. The number of phenolic OH excluding ortho intramolecular Hbond substituents is 4. The molecule has 4 rings (SSSR count). The Bertz CT molecular complexity index is 1020. The summed E-state index contributed by atoms with van der Waals surface area (Å²) in [5.41, 5.74) is 1.02. The first-order valence-electron chi connectivity index (χ1n) is 7.89. The van der Waals surface area contributed by atoms with Crippen LogP contribution in [0.3, 0.4) is 0 Å². The van der Waals surface area contributed by atoms with Crippen LogP contribution in [-0.2, 0) is 0 Å². The van der Waals surface area contributed by atoms with Crippen molar-refractivity contribution in [3.63, 3.8) is 0 Å². The number of ether oxygens (including phenoxy) is 1. The topological polar surface area (TPSA) is 133 Å². The lowest BCUT2D eigenvalue weighted by Gasteiger charge is -2.30. The highest BCUT2D eigenvalue weighted by Crippen LogP contribution is 2.55. The zero-order valence-electron chi connectivity index (χ0n) is 13.7. The average molecular weight is 367 g/mol. The second-order valence-corrected chi connectivity index (χ2v) is 6.14. The minimum Gasteiger partial charge on any atom is -0.508 e. The highest BCUT2D eigenvalue weighted by molar-refractivity contribution is 5.68. The molecular formula is C19H13NO7. The Balaban J connectivity index is 1.99. The van der Waals surface area contributed by atoms with Crippen LogP contribution in [0.1, 0.15) is 22.6 Å². The lowest BCUT2D eigenvalue weighted by Crippen LogP contribution is -2.12. The summed E-state index contributed by atoms with van der Waals surface area (Å²) in [6.07, 6.45) is 0. The number of nitro benzene ring substituents is 1. The lowest BCUT2D eigenvalue weighted by molar-refractivity contribution is -0.384. The van der Waals surface area contributed by atoms with Gasteiger partial charge in [-0.05, 0) is 5.56 Å². The summed E-state index contributed by atoms with van der Waals surface area (Å²) in [7, 11) is 0. The summed E-state index contributed by atoms with van der Waals surface area (Å²) in [6, 6.07) is 10.6. The van der Waals surface area contributed by atoms with Gasteiger partial charge in [0.05, 0.1) is 4.92 Å². The van der Waals surface area contributed by atoms with Gasteiger partial charge < -0.3 is 25.2 Å². The van der Waals surface area contributed by atoms with E-state index < -0.39 is 10.8 Å². The van der Waals surface area contributed by atoms with Gasteiger partial charge in [0.25, 0.3) is 5.69 Å². The minimum absolute atomic E-state index is 0.101. The molecule has 0 saturated heterocycles. The molecule has 0 fully saturated rings. The summed E-state index contributed by atoms with van der Waals surface area (Å²) in [4.78, 5) is 10.4. The molecule has 136 valence electrons. The SMILES string of the molecule is O=[N+]([O-])c1ccc(C2c3c(O)cc(O)cc3Oc3cc(O)cc(O)c32)cc1. The third kappa shape index (κ3) is 2.63. The Morgan fingerprint density at radius 2 is 1.30 bits per heavy atom. The molecule has 0 amide bonds. The van der Waals surface area contributed by atoms with Gasteiger partial charge in [-0.15, -0.1) is 0 Å². The van der Waals surface area contributed by atoms with E-state index in [4.69, 9.17) is 4.74 Å². The number of hydrogen-bond acceptors (Lipinski definition) is 7. The number of nitrogens with zero attached hydrogens (tertiary/aromatic N) is 1. The molecule has 4 N–H and O–H groups in total. The monoisotopic (exact) mass is 367 g/mol. The van der Waals surface area contributed by atoms with Crippen molar-refractivity contribution in [3.05, 3.63) is 75.3 Å². The Kier molecular flexibility index (Phi) is 3.55. The molecule has 3 aromatic rings. The van der Waals surface area contributed by atoms with Crippen LogP contribution < -0.4 is 4.74 Å². The van der Waals surface area contributed by atoms with Crippen molar-refractivity contribution in [1.82, 2.24) is 0 Å². The molecule has 1 aliphatic heterocycles. The molecule has 0 spiro atoms. The number of rotatable bonds is 2. The fraction of sp³-hybridized carbons (Fsp3) is 0.0526. The van der Waals surface area contributed by atoms with Gasteiger partial charge in [0.1, 0.15) is 34.5 Å². The minimum atomic E-state index is -0.731. The molecular weight excluding hydrogens is 354 g/mol. The number of fused-ring (bicyclic) bond motifs is 2. The summed E-state index contributed by atoms with van der Waals surface area (Å²) >= 11 is 0. The lowest BCUT2D eigenvalue weighted by atomic mass is 9.81. The molecule has 0 atom stereocenters. The second-order valence-electron chi connectivity index (χ2n) is 6.14. The van der Waals surface area contributed by atoms with Crippen LogP contribution in [0.4, 0.5) is 5.69 Å². The maximum Gasteiger partial charge on any atom is 0.269 e. The van der Waals surface area contributed by atoms with Gasteiger partial charge in [-0.3, -0.25) is 10.1 Å². The highest BCUT2D eigenvalue weighted by atomic mass is 16.6. The molecule has 0 aliphatic carbocycles. The van der Waals surface area contributed by atoms with Crippen molar-refractivity contribution >= 4 is 5.69 Å². The molecule has 0 bridgehead atoms. The van der Waals surface area contributed by atoms with E-state index in [-0.39, 0.29) is 51.3 Å². The van der Waals surface area contributed by atoms with Crippen LogP contribution in [-0.4, -0.2) is 25.3 Å². The third-order valence-corrected chi connectivity index (χ3v) is 4.44. The summed E-state index contributed by atoms with van der Waals surface area (Å²) in [5, 5.41) is 51.3. The van der Waals surface area contributed by atoms with Crippen molar-refractivity contribution in [1.29, 1.82) is 0 Å². The quantitative estimate of drug-likeness (QED) is 0.313. The smallest absolute Gasteiger partial charge is 0.269 e. The number of hydrogen-bond donors (Lipinski definition) is 4. The summed E-state index contributed by atoms with van der Waals surface area (Å²) in [5.74, 6) is -1.39. The Hall–Kier alpha value is -3.94. The van der Waals surface area contributed by atoms with E-state index in [2.05, 4.69) is 0 Å². The molecule has 0 saturated carbocycles. The highest BCUT2D eigenvalue weighted by Gasteiger charge is 2.35. The van der Waals surface area contributed by atoms with E-state index in [1.54, 1.807) is 0 Å². The van der Waals surface area contributed by atoms with E-state index in [1.807, 2.05) is 0 Å². The number of non-ortho nitro benzene ring substituents is 1. The molecule has 3 aromatic carbocycles. The van der Waals surface area contributed by atoms with Crippen molar-refractivity contribution in [2.75, 3.05) is 0 Å². The zero-order valence-corrected chi connectivity index (χ0v) is 13.7. The first kappa shape index (κ1) is 16.5. The number of benzene rings is 3. The largest absolute Gasteiger partial charge is 0.508 e. The van der Waals surface area contributed by atoms with Crippen molar-refractivity contribution in [2.45, 2.75) is 5.92 Å². The molecule has 8 heteroatoms. The first-order chi connectivity index (χ1) is 12.8. The van der Waals surface area contributed by atoms with Gasteiger partial charge in [-0.25, -0.2) is 0 Å². The summed E-state index contributed by atoms with van der Waals surface area (Å²) < 4.78 is 5.67. The normalized spacial score (nSPS) is 12.7. The zero-order chi connectivity index (χ0) is 19.3. The van der Waals surface area contributed by atoms with Gasteiger partial charge >= 0.3 is 0 Å². The molecule has 1 heterocycles. The Labute approximate surface area is 152 Å². The standard InChI is InChI=1S/C19H13NO7/c21-11-5-13(23)18-15(7-11)27-16-8-12(22)6-14(24)19(16)17(18)9-1-3-10(4-2-9)20(25)26/h1-8,17,21-24H. The van der Waals surface area contributed by atoms with Crippen LogP contribution in [0, 0.1) is 10.1 Å². The maximum absolute atomic E-state index is 10.9. The fourth-order valence-corrected chi connectivity index (χ4v) is 3.33. The number of nitro groups is 1. The predicted molar refractivity (Wildman–Crippen MR) is 93.7 cm³/mol. The van der Waals surface area contributed by atoms with Crippen molar-refractivity contribution in [3.8, 4) is 34.5 Å². The molecule has 8 nitrogen and oxygen atoms in total.